The zero-order valence-electron chi connectivity index (χ0n) is 16.4. The summed E-state index contributed by atoms with van der Waals surface area (Å²) in [5.74, 6) is -1.65. The van der Waals surface area contributed by atoms with Crippen LogP contribution in [0.25, 0.3) is 0 Å². The molecular formula is C21H25N3O4. The minimum atomic E-state index is -1.15. The summed E-state index contributed by atoms with van der Waals surface area (Å²) < 4.78 is 0. The van der Waals surface area contributed by atoms with E-state index in [1.165, 1.54) is 12.1 Å². The molecule has 148 valence electrons. The van der Waals surface area contributed by atoms with Gasteiger partial charge in [-0.3, -0.25) is 4.79 Å². The van der Waals surface area contributed by atoms with E-state index in [2.05, 4.69) is 16.0 Å². The molecule has 0 spiro atoms. The third-order valence-electron chi connectivity index (χ3n) is 3.92. The molecule has 7 nitrogen and oxygen atoms in total. The number of nitrogens with one attached hydrogen (secondary N) is 3. The number of carbonyl (C=O) groups is 3. The van der Waals surface area contributed by atoms with E-state index in [1.54, 1.807) is 24.3 Å². The Morgan fingerprint density at radius 1 is 0.893 bits per heavy atom. The van der Waals surface area contributed by atoms with Crippen LogP contribution in [0.1, 0.15) is 46.9 Å². The highest BCUT2D eigenvalue weighted by molar-refractivity contribution is 5.97. The minimum absolute atomic E-state index is 0.00302. The summed E-state index contributed by atoms with van der Waals surface area (Å²) in [6.45, 7) is 7.44. The van der Waals surface area contributed by atoms with E-state index in [-0.39, 0.29) is 12.1 Å². The molecule has 7 heteroatoms. The minimum Gasteiger partial charge on any atom is -0.479 e. The first-order valence-electron chi connectivity index (χ1n) is 8.95. The zero-order valence-corrected chi connectivity index (χ0v) is 16.4. The lowest BCUT2D eigenvalue weighted by atomic mass is 10.0. The second-order valence-corrected chi connectivity index (χ2v) is 7.00. The Kier molecular flexibility index (Phi) is 6.76. The molecule has 0 heterocycles. The summed E-state index contributed by atoms with van der Waals surface area (Å²) in [6, 6.07) is 10.2. The van der Waals surface area contributed by atoms with E-state index >= 15 is 0 Å². The van der Waals surface area contributed by atoms with Crippen LogP contribution in [0.2, 0.25) is 0 Å². The molecule has 0 aromatic heterocycles. The van der Waals surface area contributed by atoms with Crippen LogP contribution < -0.4 is 16.0 Å². The van der Waals surface area contributed by atoms with Gasteiger partial charge in [0, 0.05) is 17.3 Å². The fraction of sp³-hybridized carbons (Fsp3) is 0.286. The number of anilines is 1. The van der Waals surface area contributed by atoms with Crippen LogP contribution in [-0.4, -0.2) is 29.1 Å². The van der Waals surface area contributed by atoms with Gasteiger partial charge in [0.25, 0.3) is 5.91 Å². The average molecular weight is 383 g/mol. The molecule has 1 unspecified atom stereocenters. The van der Waals surface area contributed by atoms with Gasteiger partial charge in [0.05, 0.1) is 0 Å². The molecule has 0 saturated heterocycles. The molecule has 0 aliphatic heterocycles. The number of benzene rings is 2. The van der Waals surface area contributed by atoms with Crippen molar-refractivity contribution in [1.82, 2.24) is 10.6 Å². The SMILES string of the molecule is Cc1cc(C)cc(C(NC(=O)c2ccc(NC(=O)NC(C)C)cc2)C(=O)O)c1. The third kappa shape index (κ3) is 5.84. The summed E-state index contributed by atoms with van der Waals surface area (Å²) in [6.07, 6.45) is 0. The molecular weight excluding hydrogens is 358 g/mol. The van der Waals surface area contributed by atoms with Gasteiger partial charge in [0.2, 0.25) is 0 Å². The van der Waals surface area contributed by atoms with E-state index < -0.39 is 17.9 Å². The average Bonchev–Trinajstić information content (AvgIpc) is 2.58. The van der Waals surface area contributed by atoms with Crippen LogP contribution >= 0.6 is 0 Å². The quantitative estimate of drug-likeness (QED) is 0.613. The number of hydrogen-bond acceptors (Lipinski definition) is 3. The summed E-state index contributed by atoms with van der Waals surface area (Å²) in [5, 5.41) is 17.5. The zero-order chi connectivity index (χ0) is 20.8. The van der Waals surface area contributed by atoms with Gasteiger partial charge in [-0.05, 0) is 57.5 Å². The van der Waals surface area contributed by atoms with Crippen molar-refractivity contribution in [1.29, 1.82) is 0 Å². The fourth-order valence-corrected chi connectivity index (χ4v) is 2.81. The van der Waals surface area contributed by atoms with E-state index in [4.69, 9.17) is 0 Å². The van der Waals surface area contributed by atoms with Crippen LogP contribution in [0.15, 0.2) is 42.5 Å². The molecule has 2 aromatic rings. The molecule has 0 saturated carbocycles. The maximum absolute atomic E-state index is 12.5. The smallest absolute Gasteiger partial charge is 0.330 e. The first kappa shape index (κ1) is 21.0. The van der Waals surface area contributed by atoms with Crippen molar-refractivity contribution in [3.63, 3.8) is 0 Å². The molecule has 0 bridgehead atoms. The van der Waals surface area contributed by atoms with Gasteiger partial charge >= 0.3 is 12.0 Å². The van der Waals surface area contributed by atoms with E-state index in [1.807, 2.05) is 33.8 Å². The first-order valence-corrected chi connectivity index (χ1v) is 8.95. The summed E-state index contributed by atoms with van der Waals surface area (Å²) in [7, 11) is 0. The number of rotatable bonds is 6. The Balaban J connectivity index is 2.11. The molecule has 0 aliphatic rings. The number of carboxylic acids is 1. The van der Waals surface area contributed by atoms with Crippen molar-refractivity contribution < 1.29 is 19.5 Å². The van der Waals surface area contributed by atoms with Crippen molar-refractivity contribution in [3.8, 4) is 0 Å². The maximum atomic E-state index is 12.5. The lowest BCUT2D eigenvalue weighted by molar-refractivity contribution is -0.139. The van der Waals surface area contributed by atoms with Gasteiger partial charge in [-0.15, -0.1) is 0 Å². The Hall–Kier alpha value is -3.35. The summed E-state index contributed by atoms with van der Waals surface area (Å²) >= 11 is 0. The van der Waals surface area contributed by atoms with Crippen LogP contribution in [0.5, 0.6) is 0 Å². The van der Waals surface area contributed by atoms with E-state index in [9.17, 15) is 19.5 Å². The lowest BCUT2D eigenvalue weighted by Gasteiger charge is -2.16. The van der Waals surface area contributed by atoms with Crippen LogP contribution in [-0.2, 0) is 4.79 Å². The lowest BCUT2D eigenvalue weighted by Crippen LogP contribution is -2.34. The fourth-order valence-electron chi connectivity index (χ4n) is 2.81. The van der Waals surface area contributed by atoms with Crippen molar-refractivity contribution in [2.75, 3.05) is 5.32 Å². The Morgan fingerprint density at radius 3 is 1.96 bits per heavy atom. The molecule has 2 aromatic carbocycles. The molecule has 28 heavy (non-hydrogen) atoms. The van der Waals surface area contributed by atoms with Gasteiger partial charge in [0.15, 0.2) is 6.04 Å². The highest BCUT2D eigenvalue weighted by Gasteiger charge is 2.23. The molecule has 0 radical (unpaired) electrons. The van der Waals surface area contributed by atoms with E-state index in [0.29, 0.717) is 16.8 Å². The second-order valence-electron chi connectivity index (χ2n) is 7.00. The summed E-state index contributed by atoms with van der Waals surface area (Å²) in [5.41, 5.74) is 3.18. The van der Waals surface area contributed by atoms with Crippen LogP contribution in [0, 0.1) is 13.8 Å². The number of hydrogen-bond donors (Lipinski definition) is 4. The highest BCUT2D eigenvalue weighted by atomic mass is 16.4. The molecule has 1 atom stereocenters. The standard InChI is InChI=1S/C21H25N3O4/c1-12(2)22-21(28)23-17-7-5-15(6-8-17)19(25)24-18(20(26)27)16-10-13(3)9-14(4)11-16/h5-12,18H,1-4H3,(H,24,25)(H,26,27)(H2,22,23,28). The molecule has 3 amide bonds. The Bertz CT molecular complexity index is 855. The number of carbonyl (C=O) groups excluding carboxylic acids is 2. The van der Waals surface area contributed by atoms with Crippen molar-refractivity contribution >= 4 is 23.6 Å². The Labute approximate surface area is 164 Å². The number of urea groups is 1. The number of carboxylic acid groups (broad SMARTS) is 1. The van der Waals surface area contributed by atoms with Gasteiger partial charge in [-0.1, -0.05) is 29.3 Å². The largest absolute Gasteiger partial charge is 0.479 e. The van der Waals surface area contributed by atoms with Gasteiger partial charge in [-0.2, -0.15) is 0 Å². The normalized spacial score (nSPS) is 11.6. The second kappa shape index (κ2) is 9.03. The van der Waals surface area contributed by atoms with Crippen molar-refractivity contribution in [2.45, 2.75) is 39.8 Å². The molecule has 4 N–H and O–H groups in total. The maximum Gasteiger partial charge on any atom is 0.330 e. The van der Waals surface area contributed by atoms with Crippen molar-refractivity contribution in [3.05, 3.63) is 64.7 Å². The van der Waals surface area contributed by atoms with E-state index in [0.717, 1.165) is 11.1 Å². The van der Waals surface area contributed by atoms with Gasteiger partial charge < -0.3 is 21.1 Å². The molecule has 0 aliphatic carbocycles. The number of aliphatic carboxylic acids is 1. The highest BCUT2D eigenvalue weighted by Crippen LogP contribution is 2.19. The first-order chi connectivity index (χ1) is 13.2. The third-order valence-corrected chi connectivity index (χ3v) is 3.92. The van der Waals surface area contributed by atoms with Gasteiger partial charge in [0.1, 0.15) is 0 Å². The molecule has 0 fully saturated rings. The predicted molar refractivity (Wildman–Crippen MR) is 107 cm³/mol. The topological polar surface area (TPSA) is 108 Å². The van der Waals surface area contributed by atoms with Crippen molar-refractivity contribution in [2.24, 2.45) is 0 Å². The summed E-state index contributed by atoms with van der Waals surface area (Å²) in [4.78, 5) is 35.9. The Morgan fingerprint density at radius 2 is 1.46 bits per heavy atom. The number of aryl methyl sites for hydroxylation is 2. The number of amides is 3. The molecule has 2 rings (SSSR count). The van der Waals surface area contributed by atoms with Gasteiger partial charge in [-0.25, -0.2) is 9.59 Å². The van der Waals surface area contributed by atoms with Crippen LogP contribution in [0.4, 0.5) is 10.5 Å². The van der Waals surface area contributed by atoms with Crippen LogP contribution in [0.3, 0.4) is 0 Å². The predicted octanol–water partition coefficient (Wildman–Crippen LogP) is 3.39. The monoisotopic (exact) mass is 383 g/mol.